The van der Waals surface area contributed by atoms with Crippen LogP contribution in [0.3, 0.4) is 0 Å². The summed E-state index contributed by atoms with van der Waals surface area (Å²) in [6.45, 7) is 6.21. The molecule has 1 unspecified atom stereocenters. The number of carbonyl (C=O) groups is 3. The van der Waals surface area contributed by atoms with Crippen LogP contribution in [0.1, 0.15) is 129 Å². The minimum absolute atomic E-state index is 0. The van der Waals surface area contributed by atoms with Crippen molar-refractivity contribution < 1.29 is 52.4 Å². The first-order valence-corrected chi connectivity index (χ1v) is 16.4. The van der Waals surface area contributed by atoms with Gasteiger partial charge in [0.2, 0.25) is 11.6 Å². The minimum atomic E-state index is -1.15. The molecule has 1 aromatic rings. The maximum Gasteiger partial charge on any atom is 0.417 e. The van der Waals surface area contributed by atoms with Crippen molar-refractivity contribution in [3.63, 3.8) is 0 Å². The first-order chi connectivity index (χ1) is 19.9. The molecular formula is C34H57IN2O5. The summed E-state index contributed by atoms with van der Waals surface area (Å²) in [5.74, 6) is -0.0429. The lowest BCUT2D eigenvalue weighted by Crippen LogP contribution is -3.00. The number of ether oxygens (including phenoxy) is 2. The van der Waals surface area contributed by atoms with Crippen LogP contribution in [-0.4, -0.2) is 42.0 Å². The van der Waals surface area contributed by atoms with E-state index < -0.39 is 17.6 Å². The molecule has 1 aliphatic rings. The lowest BCUT2D eigenvalue weighted by atomic mass is 9.74. The zero-order valence-corrected chi connectivity index (χ0v) is 28.9. The number of aryl methyl sites for hydroxylation is 1. The molecule has 240 valence electrons. The Kier molecular flexibility index (Phi) is 20.2. The number of nitrogens with zero attached hydrogens (tertiary/aromatic N) is 2. The number of carbonyl (C=O) groups excluding carboxylic acids is 3. The zero-order valence-electron chi connectivity index (χ0n) is 26.8. The lowest BCUT2D eigenvalue weighted by Gasteiger charge is -2.34. The average Bonchev–Trinajstić information content (AvgIpc) is 3.39. The molecule has 1 aromatic heterocycles. The van der Waals surface area contributed by atoms with Crippen LogP contribution in [0.5, 0.6) is 0 Å². The molecule has 7 nitrogen and oxygen atoms in total. The second kappa shape index (κ2) is 22.0. The predicted octanol–water partition coefficient (Wildman–Crippen LogP) is 4.48. The Morgan fingerprint density at radius 3 is 2.17 bits per heavy atom. The predicted molar refractivity (Wildman–Crippen MR) is 162 cm³/mol. The largest absolute Gasteiger partial charge is 1.00 e. The number of hydrogen-bond acceptors (Lipinski definition) is 5. The molecule has 1 saturated heterocycles. The molecule has 0 aliphatic carbocycles. The van der Waals surface area contributed by atoms with E-state index in [1.54, 1.807) is 0 Å². The summed E-state index contributed by atoms with van der Waals surface area (Å²) in [6, 6.07) is 5.61. The molecule has 0 bridgehead atoms. The van der Waals surface area contributed by atoms with Crippen molar-refractivity contribution in [1.82, 2.24) is 4.90 Å². The van der Waals surface area contributed by atoms with Crippen LogP contribution < -0.4 is 28.5 Å². The highest BCUT2D eigenvalue weighted by Crippen LogP contribution is 2.41. The average molecular weight is 701 g/mol. The summed E-state index contributed by atoms with van der Waals surface area (Å²) in [5, 5.41) is 0. The van der Waals surface area contributed by atoms with Crippen LogP contribution in [-0.2, 0) is 32.7 Å². The lowest BCUT2D eigenvalue weighted by molar-refractivity contribution is -0.679. The third-order valence-electron chi connectivity index (χ3n) is 8.79. The Bertz CT molecular complexity index is 914. The van der Waals surface area contributed by atoms with Gasteiger partial charge in [0.25, 0.3) is 0 Å². The highest BCUT2D eigenvalue weighted by molar-refractivity contribution is 5.90. The van der Waals surface area contributed by atoms with E-state index in [1.807, 2.05) is 36.0 Å². The number of aldehydes is 1. The molecule has 3 atom stereocenters. The van der Waals surface area contributed by atoms with Gasteiger partial charge in [-0.2, -0.15) is 0 Å². The third kappa shape index (κ3) is 13.0. The number of aromatic nitrogens is 1. The molecule has 8 heteroatoms. The monoisotopic (exact) mass is 700 g/mol. The first kappa shape index (κ1) is 38.5. The van der Waals surface area contributed by atoms with Gasteiger partial charge in [0.15, 0.2) is 18.1 Å². The molecule has 0 aromatic carbocycles. The van der Waals surface area contributed by atoms with Crippen molar-refractivity contribution in [2.75, 3.05) is 13.2 Å². The summed E-state index contributed by atoms with van der Waals surface area (Å²) < 4.78 is 13.5. The molecule has 2 heterocycles. The smallest absolute Gasteiger partial charge is 0.417 e. The van der Waals surface area contributed by atoms with Crippen LogP contribution in [0.25, 0.3) is 0 Å². The summed E-state index contributed by atoms with van der Waals surface area (Å²) in [7, 11) is 1.86. The molecule has 42 heavy (non-hydrogen) atoms. The van der Waals surface area contributed by atoms with Crippen molar-refractivity contribution in [1.29, 1.82) is 0 Å². The molecule has 2 rings (SSSR count). The van der Waals surface area contributed by atoms with Crippen LogP contribution in [0.2, 0.25) is 0 Å². The van der Waals surface area contributed by atoms with Crippen molar-refractivity contribution in [2.45, 2.75) is 136 Å². The van der Waals surface area contributed by atoms with Gasteiger partial charge < -0.3 is 33.5 Å². The van der Waals surface area contributed by atoms with E-state index in [-0.39, 0.29) is 43.0 Å². The number of hydrogen-bond donors (Lipinski definition) is 0. The fourth-order valence-corrected chi connectivity index (χ4v) is 6.27. The Balaban J connectivity index is 0.00000882. The Morgan fingerprint density at radius 1 is 1.00 bits per heavy atom. The van der Waals surface area contributed by atoms with Gasteiger partial charge in [-0.1, -0.05) is 116 Å². The molecule has 0 spiro atoms. The number of amides is 2. The van der Waals surface area contributed by atoms with Gasteiger partial charge in [-0.05, 0) is 12.3 Å². The Morgan fingerprint density at radius 2 is 1.62 bits per heavy atom. The quantitative estimate of drug-likeness (QED) is 0.0819. The number of imide groups is 1. The highest BCUT2D eigenvalue weighted by Gasteiger charge is 2.49. The van der Waals surface area contributed by atoms with E-state index in [4.69, 9.17) is 9.47 Å². The van der Waals surface area contributed by atoms with Crippen molar-refractivity contribution in [3.8, 4) is 0 Å². The minimum Gasteiger partial charge on any atom is -1.00 e. The molecule has 2 amide bonds. The zero-order chi connectivity index (χ0) is 29.9. The second-order valence-electron chi connectivity index (χ2n) is 12.0. The molecule has 0 N–H and O–H groups in total. The fourth-order valence-electron chi connectivity index (χ4n) is 6.27. The summed E-state index contributed by atoms with van der Waals surface area (Å²) >= 11 is 0. The number of pyridine rings is 1. The Labute approximate surface area is 272 Å². The molecule has 0 radical (unpaired) electrons. The van der Waals surface area contributed by atoms with Gasteiger partial charge in [0.1, 0.15) is 20.2 Å². The normalized spacial score (nSPS) is 18.7. The molecular weight excluding hydrogens is 643 g/mol. The van der Waals surface area contributed by atoms with Crippen molar-refractivity contribution in [2.24, 2.45) is 18.9 Å². The van der Waals surface area contributed by atoms with Gasteiger partial charge in [0.05, 0.1) is 0 Å². The summed E-state index contributed by atoms with van der Waals surface area (Å²) in [5.41, 5.74) is -0.350. The van der Waals surface area contributed by atoms with Gasteiger partial charge in [0, 0.05) is 31.6 Å². The molecule has 1 fully saturated rings. The Hall–Kier alpha value is -1.55. The maximum absolute atomic E-state index is 13.0. The SMILES string of the molecule is CCCCCCCCCCCCCCC(CCC)[C@H]1CCO[C@]1(C=O)COC(=O)N(Cc1cccc[n+]1C)C(C)=O.[I-]. The van der Waals surface area contributed by atoms with E-state index in [1.165, 1.54) is 77.6 Å². The standard InChI is InChI=1S/C34H57N2O5.HI/c1-5-7-8-9-10-11-12-13-14-15-16-17-21-30(20-6-2)32-23-25-41-34(32,27-37)28-40-33(39)36(29(3)38)26-31-22-18-19-24-35(31)4;/h18-19,22,24,27,30,32H,5-17,20-21,23,25-26,28H2,1-4H3;1H/q+1;/p-1/t30?,32-,34-;/m1./s1. The summed E-state index contributed by atoms with van der Waals surface area (Å²) in [4.78, 5) is 38.9. The summed E-state index contributed by atoms with van der Waals surface area (Å²) in [6.07, 6.45) is 21.7. The van der Waals surface area contributed by atoms with E-state index in [0.29, 0.717) is 12.5 Å². The second-order valence-corrected chi connectivity index (χ2v) is 12.0. The van der Waals surface area contributed by atoms with Crippen molar-refractivity contribution >= 4 is 18.3 Å². The molecule has 0 saturated carbocycles. The van der Waals surface area contributed by atoms with Crippen LogP contribution in [0.15, 0.2) is 24.4 Å². The van der Waals surface area contributed by atoms with Crippen molar-refractivity contribution in [3.05, 3.63) is 30.1 Å². The number of halogens is 1. The third-order valence-corrected chi connectivity index (χ3v) is 8.79. The highest BCUT2D eigenvalue weighted by atomic mass is 127. The van der Waals surface area contributed by atoms with Crippen LogP contribution in [0.4, 0.5) is 4.79 Å². The topological polar surface area (TPSA) is 76.8 Å². The molecule has 1 aliphatic heterocycles. The number of unbranched alkanes of at least 4 members (excludes halogenated alkanes) is 11. The first-order valence-electron chi connectivity index (χ1n) is 16.4. The van der Waals surface area contributed by atoms with Gasteiger partial charge in [-0.25, -0.2) is 14.3 Å². The van der Waals surface area contributed by atoms with E-state index >= 15 is 0 Å². The van der Waals surface area contributed by atoms with Crippen LogP contribution in [0, 0.1) is 11.8 Å². The maximum atomic E-state index is 13.0. The van der Waals surface area contributed by atoms with Gasteiger partial charge in [-0.3, -0.25) is 9.59 Å². The van der Waals surface area contributed by atoms with E-state index in [2.05, 4.69) is 13.8 Å². The number of rotatable bonds is 21. The fraction of sp³-hybridized carbons (Fsp3) is 0.765. The van der Waals surface area contributed by atoms with Gasteiger partial charge >= 0.3 is 6.09 Å². The van der Waals surface area contributed by atoms with Gasteiger partial charge in [-0.15, -0.1) is 0 Å². The van der Waals surface area contributed by atoms with E-state index in [0.717, 1.165) is 49.0 Å². The van der Waals surface area contributed by atoms with Crippen LogP contribution >= 0.6 is 0 Å². The van der Waals surface area contributed by atoms with E-state index in [9.17, 15) is 14.4 Å².